The average molecular weight is 472 g/mol. The van der Waals surface area contributed by atoms with E-state index in [0.717, 1.165) is 11.1 Å². The Labute approximate surface area is 202 Å². The van der Waals surface area contributed by atoms with E-state index in [2.05, 4.69) is 10.6 Å². The Bertz CT molecular complexity index is 1290. The van der Waals surface area contributed by atoms with Crippen LogP contribution < -0.4 is 10.6 Å². The second-order valence-electron chi connectivity index (χ2n) is 8.49. The van der Waals surface area contributed by atoms with E-state index in [9.17, 15) is 19.7 Å². The number of nitro benzene ring substituents is 1. The van der Waals surface area contributed by atoms with Gasteiger partial charge in [0.2, 0.25) is 11.8 Å². The number of likely N-dealkylation sites (N-methyl/N-ethyl adjacent to an activating group) is 1. The molecule has 9 nitrogen and oxygen atoms in total. The SMILES string of the molecule is CN(C)CC(=O)NCc1ccc(N=C(c2ccccc2)C2C(=O)Nc3ccc([N+](=O)[O-])cc32)cc1. The smallest absolute Gasteiger partial charge is 0.269 e. The van der Waals surface area contributed by atoms with E-state index in [1.807, 2.05) is 68.7 Å². The second kappa shape index (κ2) is 10.3. The number of hydrogen-bond donors (Lipinski definition) is 2. The zero-order valence-corrected chi connectivity index (χ0v) is 19.4. The zero-order chi connectivity index (χ0) is 24.9. The van der Waals surface area contributed by atoms with Crippen LogP contribution in [0.2, 0.25) is 0 Å². The highest BCUT2D eigenvalue weighted by Crippen LogP contribution is 2.38. The Hall–Kier alpha value is -4.37. The third-order valence-electron chi connectivity index (χ3n) is 5.56. The highest BCUT2D eigenvalue weighted by molar-refractivity contribution is 6.24. The van der Waals surface area contributed by atoms with Crippen LogP contribution in [0.15, 0.2) is 77.8 Å². The number of benzene rings is 3. The number of nitrogens with one attached hydrogen (secondary N) is 2. The zero-order valence-electron chi connectivity index (χ0n) is 19.4. The fourth-order valence-corrected chi connectivity index (χ4v) is 3.91. The maximum Gasteiger partial charge on any atom is 0.269 e. The van der Waals surface area contributed by atoms with Gasteiger partial charge in [-0.3, -0.25) is 24.7 Å². The number of nitro groups is 1. The van der Waals surface area contributed by atoms with Crippen LogP contribution >= 0.6 is 0 Å². The van der Waals surface area contributed by atoms with Crippen LogP contribution in [0.1, 0.15) is 22.6 Å². The Morgan fingerprint density at radius 1 is 1.09 bits per heavy atom. The number of amides is 2. The molecule has 0 saturated heterocycles. The largest absolute Gasteiger partial charge is 0.351 e. The molecule has 178 valence electrons. The van der Waals surface area contributed by atoms with Crippen LogP contribution in [0, 0.1) is 10.1 Å². The standard InChI is InChI=1S/C26H25N5O4/c1-30(2)16-23(32)27-15-17-8-10-19(11-9-17)28-25(18-6-4-3-5-7-18)24-21-14-20(31(34)35)12-13-22(21)29-26(24)33/h3-14,24H,15-16H2,1-2H3,(H,27,32)(H,29,33). The minimum atomic E-state index is -0.794. The predicted molar refractivity (Wildman–Crippen MR) is 134 cm³/mol. The summed E-state index contributed by atoms with van der Waals surface area (Å²) in [5, 5.41) is 17.0. The molecule has 3 aromatic rings. The number of rotatable bonds is 8. The Balaban J connectivity index is 1.66. The molecular weight excluding hydrogens is 446 g/mol. The van der Waals surface area contributed by atoms with Gasteiger partial charge in [-0.15, -0.1) is 0 Å². The molecule has 0 bridgehead atoms. The third kappa shape index (κ3) is 5.59. The second-order valence-corrected chi connectivity index (χ2v) is 8.49. The number of carbonyl (C=O) groups excluding carboxylic acids is 2. The van der Waals surface area contributed by atoms with Crippen molar-refractivity contribution < 1.29 is 14.5 Å². The van der Waals surface area contributed by atoms with Crippen molar-refractivity contribution in [2.45, 2.75) is 12.5 Å². The highest BCUT2D eigenvalue weighted by Gasteiger charge is 2.36. The lowest BCUT2D eigenvalue weighted by Crippen LogP contribution is -2.32. The van der Waals surface area contributed by atoms with Crippen molar-refractivity contribution in [2.24, 2.45) is 4.99 Å². The molecule has 1 aliphatic rings. The van der Waals surface area contributed by atoms with Gasteiger partial charge in [0.05, 0.1) is 22.9 Å². The van der Waals surface area contributed by atoms with Gasteiger partial charge >= 0.3 is 0 Å². The molecule has 1 heterocycles. The van der Waals surface area contributed by atoms with Gasteiger partial charge < -0.3 is 15.5 Å². The number of carbonyl (C=O) groups is 2. The van der Waals surface area contributed by atoms with Crippen LogP contribution in [0.4, 0.5) is 17.1 Å². The summed E-state index contributed by atoms with van der Waals surface area (Å²) in [4.78, 5) is 42.3. The number of nitrogens with zero attached hydrogens (tertiary/aromatic N) is 3. The van der Waals surface area contributed by atoms with Crippen LogP contribution in [0.5, 0.6) is 0 Å². The normalized spacial score (nSPS) is 15.0. The molecule has 2 N–H and O–H groups in total. The summed E-state index contributed by atoms with van der Waals surface area (Å²) in [6, 6.07) is 21.0. The summed E-state index contributed by atoms with van der Waals surface area (Å²) >= 11 is 0. The molecule has 1 aliphatic heterocycles. The fourth-order valence-electron chi connectivity index (χ4n) is 3.91. The molecule has 0 saturated carbocycles. The summed E-state index contributed by atoms with van der Waals surface area (Å²) in [5.41, 5.74) is 3.75. The van der Waals surface area contributed by atoms with Crippen molar-refractivity contribution in [3.8, 4) is 0 Å². The first-order valence-corrected chi connectivity index (χ1v) is 11.1. The topological polar surface area (TPSA) is 117 Å². The van der Waals surface area contributed by atoms with E-state index in [-0.39, 0.29) is 17.5 Å². The minimum absolute atomic E-state index is 0.0662. The molecule has 0 fully saturated rings. The van der Waals surface area contributed by atoms with Gasteiger partial charge in [-0.1, -0.05) is 42.5 Å². The molecule has 4 rings (SSSR count). The number of fused-ring (bicyclic) bond motifs is 1. The van der Waals surface area contributed by atoms with Gasteiger partial charge in [0, 0.05) is 29.9 Å². The molecule has 1 unspecified atom stereocenters. The van der Waals surface area contributed by atoms with Crippen LogP contribution in [-0.4, -0.2) is 48.0 Å². The van der Waals surface area contributed by atoms with Gasteiger partial charge in [0.25, 0.3) is 5.69 Å². The molecule has 3 aromatic carbocycles. The predicted octanol–water partition coefficient (Wildman–Crippen LogP) is 3.63. The molecule has 0 radical (unpaired) electrons. The molecule has 0 aliphatic carbocycles. The monoisotopic (exact) mass is 471 g/mol. The summed E-state index contributed by atoms with van der Waals surface area (Å²) in [5.74, 6) is -1.15. The maximum atomic E-state index is 13.0. The van der Waals surface area contributed by atoms with Gasteiger partial charge in [0.15, 0.2) is 0 Å². The molecule has 0 aromatic heterocycles. The maximum absolute atomic E-state index is 13.0. The molecule has 2 amide bonds. The van der Waals surface area contributed by atoms with Crippen molar-refractivity contribution in [2.75, 3.05) is 26.0 Å². The Morgan fingerprint density at radius 2 is 1.80 bits per heavy atom. The number of non-ortho nitro benzene ring substituents is 1. The Kier molecular flexibility index (Phi) is 6.98. The molecule has 1 atom stereocenters. The van der Waals surface area contributed by atoms with Crippen molar-refractivity contribution in [3.63, 3.8) is 0 Å². The van der Waals surface area contributed by atoms with Crippen molar-refractivity contribution >= 4 is 34.6 Å². The van der Waals surface area contributed by atoms with Crippen LogP contribution in [0.3, 0.4) is 0 Å². The average Bonchev–Trinajstić information content (AvgIpc) is 3.16. The van der Waals surface area contributed by atoms with Gasteiger partial charge in [-0.05, 0) is 43.4 Å². The molecular formula is C26H25N5O4. The summed E-state index contributed by atoms with van der Waals surface area (Å²) in [7, 11) is 3.66. The van der Waals surface area contributed by atoms with E-state index in [4.69, 9.17) is 4.99 Å². The quantitative estimate of drug-likeness (QED) is 0.296. The van der Waals surface area contributed by atoms with Crippen LogP contribution in [-0.2, 0) is 16.1 Å². The van der Waals surface area contributed by atoms with E-state index < -0.39 is 10.8 Å². The summed E-state index contributed by atoms with van der Waals surface area (Å²) in [6.07, 6.45) is 0. The first-order valence-electron chi connectivity index (χ1n) is 11.1. The fraction of sp³-hybridized carbons (Fsp3) is 0.192. The first-order chi connectivity index (χ1) is 16.8. The van der Waals surface area contributed by atoms with E-state index in [0.29, 0.717) is 35.7 Å². The van der Waals surface area contributed by atoms with Crippen molar-refractivity contribution in [1.29, 1.82) is 0 Å². The van der Waals surface area contributed by atoms with E-state index in [1.165, 1.54) is 12.1 Å². The minimum Gasteiger partial charge on any atom is -0.351 e. The van der Waals surface area contributed by atoms with Crippen LogP contribution in [0.25, 0.3) is 0 Å². The number of aliphatic imine (C=N–C) groups is 1. The highest BCUT2D eigenvalue weighted by atomic mass is 16.6. The number of anilines is 1. The summed E-state index contributed by atoms with van der Waals surface area (Å²) < 4.78 is 0. The van der Waals surface area contributed by atoms with Gasteiger partial charge in [0.1, 0.15) is 5.92 Å². The van der Waals surface area contributed by atoms with Gasteiger partial charge in [-0.2, -0.15) is 0 Å². The van der Waals surface area contributed by atoms with E-state index in [1.54, 1.807) is 11.0 Å². The van der Waals surface area contributed by atoms with Crippen molar-refractivity contribution in [1.82, 2.24) is 10.2 Å². The lowest BCUT2D eigenvalue weighted by Gasteiger charge is -2.14. The van der Waals surface area contributed by atoms with Gasteiger partial charge in [-0.25, -0.2) is 0 Å². The molecule has 9 heteroatoms. The first kappa shape index (κ1) is 23.8. The molecule has 35 heavy (non-hydrogen) atoms. The van der Waals surface area contributed by atoms with Crippen molar-refractivity contribution in [3.05, 3.63) is 99.6 Å². The lowest BCUT2D eigenvalue weighted by atomic mass is 9.90. The third-order valence-corrected chi connectivity index (χ3v) is 5.56. The number of hydrogen-bond acceptors (Lipinski definition) is 6. The Morgan fingerprint density at radius 3 is 2.46 bits per heavy atom. The lowest BCUT2D eigenvalue weighted by molar-refractivity contribution is -0.384. The summed E-state index contributed by atoms with van der Waals surface area (Å²) in [6.45, 7) is 0.705. The molecule has 0 spiro atoms. The van der Waals surface area contributed by atoms with E-state index >= 15 is 0 Å².